The van der Waals surface area contributed by atoms with Crippen LogP contribution in [0.15, 0.2) is 29.2 Å². The molecule has 0 aromatic heterocycles. The average Bonchev–Trinajstić information content (AvgIpc) is 2.91. The largest absolute Gasteiger partial charge is 0.311 e. The number of hydrogen-bond donors (Lipinski definition) is 1. The fourth-order valence-corrected chi connectivity index (χ4v) is 4.83. The summed E-state index contributed by atoms with van der Waals surface area (Å²) < 4.78 is 0. The van der Waals surface area contributed by atoms with Crippen LogP contribution in [-0.4, -0.2) is 41.9 Å². The highest BCUT2D eigenvalue weighted by atomic mass is 32.2. The van der Waals surface area contributed by atoms with Crippen molar-refractivity contribution < 1.29 is 0 Å². The van der Waals surface area contributed by atoms with E-state index in [1.807, 2.05) is 0 Å². The number of thioether (sulfide) groups is 1. The van der Waals surface area contributed by atoms with Gasteiger partial charge >= 0.3 is 0 Å². The highest BCUT2D eigenvalue weighted by molar-refractivity contribution is 8.00. The van der Waals surface area contributed by atoms with Gasteiger partial charge < -0.3 is 5.32 Å². The monoisotopic (exact) mass is 304 g/mol. The minimum absolute atomic E-state index is 0.662. The summed E-state index contributed by atoms with van der Waals surface area (Å²) in [7, 11) is 0. The van der Waals surface area contributed by atoms with E-state index in [4.69, 9.17) is 0 Å². The second-order valence-corrected chi connectivity index (χ2v) is 8.10. The van der Waals surface area contributed by atoms with Crippen molar-refractivity contribution in [2.24, 2.45) is 5.92 Å². The summed E-state index contributed by atoms with van der Waals surface area (Å²) in [6, 6.07) is 10.2. The zero-order valence-electron chi connectivity index (χ0n) is 13.5. The molecule has 2 aliphatic rings. The molecule has 2 heterocycles. The lowest BCUT2D eigenvalue weighted by Crippen LogP contribution is -2.58. The Hall–Kier alpha value is -0.510. The predicted octanol–water partition coefficient (Wildman–Crippen LogP) is 3.41. The predicted molar refractivity (Wildman–Crippen MR) is 92.1 cm³/mol. The number of benzene rings is 1. The zero-order valence-corrected chi connectivity index (χ0v) is 14.3. The first-order valence-electron chi connectivity index (χ1n) is 8.39. The topological polar surface area (TPSA) is 15.3 Å². The third-order valence-corrected chi connectivity index (χ3v) is 6.51. The van der Waals surface area contributed by atoms with Gasteiger partial charge in [0.2, 0.25) is 0 Å². The lowest BCUT2D eigenvalue weighted by Gasteiger charge is -2.41. The lowest BCUT2D eigenvalue weighted by atomic mass is 9.95. The molecule has 2 nitrogen and oxygen atoms in total. The van der Waals surface area contributed by atoms with E-state index in [9.17, 15) is 0 Å². The van der Waals surface area contributed by atoms with Crippen molar-refractivity contribution in [2.75, 3.05) is 19.6 Å². The Balaban J connectivity index is 1.59. The van der Waals surface area contributed by atoms with E-state index in [0.717, 1.165) is 17.7 Å². The van der Waals surface area contributed by atoms with Crippen LogP contribution in [0.4, 0.5) is 0 Å². The van der Waals surface area contributed by atoms with Crippen molar-refractivity contribution in [3.05, 3.63) is 29.8 Å². The lowest BCUT2D eigenvalue weighted by molar-refractivity contribution is 0.119. The molecule has 0 aliphatic carbocycles. The Morgan fingerprint density at radius 3 is 2.95 bits per heavy atom. The van der Waals surface area contributed by atoms with E-state index in [2.05, 4.69) is 67.0 Å². The van der Waals surface area contributed by atoms with Gasteiger partial charge in [0.05, 0.1) is 0 Å². The summed E-state index contributed by atoms with van der Waals surface area (Å²) in [6.07, 6.45) is 2.51. The first-order chi connectivity index (χ1) is 10.2. The van der Waals surface area contributed by atoms with Gasteiger partial charge in [0.25, 0.3) is 0 Å². The molecule has 3 rings (SSSR count). The van der Waals surface area contributed by atoms with Gasteiger partial charge in [-0.05, 0) is 30.9 Å². The van der Waals surface area contributed by atoms with Crippen molar-refractivity contribution in [2.45, 2.75) is 55.8 Å². The molecule has 1 aromatic rings. The van der Waals surface area contributed by atoms with E-state index >= 15 is 0 Å². The number of piperazine rings is 1. The molecule has 21 heavy (non-hydrogen) atoms. The maximum Gasteiger partial charge on any atom is 0.0263 e. The van der Waals surface area contributed by atoms with E-state index in [-0.39, 0.29) is 0 Å². The number of nitrogens with zero attached hydrogens (tertiary/aromatic N) is 1. The smallest absolute Gasteiger partial charge is 0.0263 e. The Labute approximate surface area is 133 Å². The molecule has 0 radical (unpaired) electrons. The Morgan fingerprint density at radius 2 is 2.19 bits per heavy atom. The van der Waals surface area contributed by atoms with Crippen LogP contribution in [-0.2, 0) is 6.42 Å². The van der Waals surface area contributed by atoms with Crippen LogP contribution in [0.25, 0.3) is 0 Å². The van der Waals surface area contributed by atoms with Gasteiger partial charge in [-0.25, -0.2) is 0 Å². The molecular weight excluding hydrogens is 276 g/mol. The quantitative estimate of drug-likeness (QED) is 0.917. The highest BCUT2D eigenvalue weighted by Crippen LogP contribution is 2.37. The van der Waals surface area contributed by atoms with Crippen LogP contribution in [0, 0.1) is 5.92 Å². The normalized spacial score (nSPS) is 31.1. The average molecular weight is 305 g/mol. The molecule has 1 N–H and O–H groups in total. The van der Waals surface area contributed by atoms with Crippen LogP contribution in [0.5, 0.6) is 0 Å². The van der Waals surface area contributed by atoms with Gasteiger partial charge in [0.1, 0.15) is 0 Å². The molecule has 4 unspecified atom stereocenters. The van der Waals surface area contributed by atoms with E-state index < -0.39 is 0 Å². The van der Waals surface area contributed by atoms with Crippen molar-refractivity contribution in [3.63, 3.8) is 0 Å². The van der Waals surface area contributed by atoms with Gasteiger partial charge in [0.15, 0.2) is 0 Å². The molecule has 2 aliphatic heterocycles. The first kappa shape index (κ1) is 15.4. The number of hydrogen-bond acceptors (Lipinski definition) is 3. The van der Waals surface area contributed by atoms with Gasteiger partial charge in [-0.3, -0.25) is 4.90 Å². The molecule has 1 fully saturated rings. The molecule has 0 bridgehead atoms. The van der Waals surface area contributed by atoms with Gasteiger partial charge in [-0.15, -0.1) is 11.8 Å². The van der Waals surface area contributed by atoms with Crippen LogP contribution in [0.3, 0.4) is 0 Å². The second kappa shape index (κ2) is 6.72. The van der Waals surface area contributed by atoms with Gasteiger partial charge in [-0.1, -0.05) is 38.5 Å². The molecule has 3 heteroatoms. The minimum atomic E-state index is 0.662. The van der Waals surface area contributed by atoms with Crippen LogP contribution in [0.2, 0.25) is 0 Å². The number of fused-ring (bicyclic) bond motifs is 1. The second-order valence-electron chi connectivity index (χ2n) is 6.75. The fraction of sp³-hybridized carbons (Fsp3) is 0.667. The molecule has 0 saturated carbocycles. The SMILES string of the molecule is CCC(C)C1CN(CC2Cc3ccccc3S2)C(C)CN1. The van der Waals surface area contributed by atoms with E-state index in [0.29, 0.717) is 12.1 Å². The molecule has 4 atom stereocenters. The Morgan fingerprint density at radius 1 is 1.38 bits per heavy atom. The third kappa shape index (κ3) is 3.46. The summed E-state index contributed by atoms with van der Waals surface area (Å²) in [5.74, 6) is 0.772. The van der Waals surface area contributed by atoms with Crippen LogP contribution in [0.1, 0.15) is 32.8 Å². The Bertz CT molecular complexity index is 451. The highest BCUT2D eigenvalue weighted by Gasteiger charge is 2.31. The molecule has 116 valence electrons. The molecule has 0 spiro atoms. The van der Waals surface area contributed by atoms with Gasteiger partial charge in [0, 0.05) is 41.9 Å². The number of nitrogens with one attached hydrogen (secondary N) is 1. The summed E-state index contributed by atoms with van der Waals surface area (Å²) >= 11 is 2.09. The summed E-state index contributed by atoms with van der Waals surface area (Å²) in [4.78, 5) is 4.22. The summed E-state index contributed by atoms with van der Waals surface area (Å²) in [6.45, 7) is 10.6. The fourth-order valence-electron chi connectivity index (χ4n) is 3.49. The minimum Gasteiger partial charge on any atom is -0.311 e. The summed E-state index contributed by atoms with van der Waals surface area (Å²) in [5, 5.41) is 4.48. The first-order valence-corrected chi connectivity index (χ1v) is 9.27. The molecule has 1 saturated heterocycles. The van der Waals surface area contributed by atoms with E-state index in [1.165, 1.54) is 30.8 Å². The zero-order chi connectivity index (χ0) is 14.8. The van der Waals surface area contributed by atoms with Crippen molar-refractivity contribution in [1.82, 2.24) is 10.2 Å². The van der Waals surface area contributed by atoms with Crippen molar-refractivity contribution >= 4 is 11.8 Å². The Kier molecular flexibility index (Phi) is 4.92. The van der Waals surface area contributed by atoms with Gasteiger partial charge in [-0.2, -0.15) is 0 Å². The third-order valence-electron chi connectivity index (χ3n) is 5.21. The summed E-state index contributed by atoms with van der Waals surface area (Å²) in [5.41, 5.74) is 1.55. The van der Waals surface area contributed by atoms with Crippen molar-refractivity contribution in [3.8, 4) is 0 Å². The van der Waals surface area contributed by atoms with Crippen LogP contribution >= 0.6 is 11.8 Å². The maximum atomic E-state index is 3.74. The van der Waals surface area contributed by atoms with Crippen molar-refractivity contribution in [1.29, 1.82) is 0 Å². The molecule has 1 aromatic carbocycles. The standard InChI is InChI=1S/C18H28N2S/c1-4-13(2)17-12-20(14(3)10-19-17)11-16-9-15-7-5-6-8-18(15)21-16/h5-8,13-14,16-17,19H,4,9-12H2,1-3H3. The maximum absolute atomic E-state index is 3.74. The molecule has 0 amide bonds. The number of rotatable bonds is 4. The van der Waals surface area contributed by atoms with E-state index in [1.54, 1.807) is 5.56 Å². The molecular formula is C18H28N2S. The van der Waals surface area contributed by atoms with Crippen LogP contribution < -0.4 is 5.32 Å².